The Morgan fingerprint density at radius 2 is 2.13 bits per heavy atom. The van der Waals surface area contributed by atoms with E-state index in [1.54, 1.807) is 37.2 Å². The first kappa shape index (κ1) is 11.7. The van der Waals surface area contributed by atoms with Crippen LogP contribution in [0.5, 0.6) is 0 Å². The van der Waals surface area contributed by atoms with E-state index < -0.39 is 0 Å². The molecule has 1 N–H and O–H groups in total. The molecule has 1 aromatic carbocycles. The average Bonchev–Trinajstić information content (AvgIpc) is 2.21. The Hall–Kier alpha value is -1.42. The molecular formula is C11H15FN2O. The van der Waals surface area contributed by atoms with Crippen LogP contribution in [0.25, 0.3) is 0 Å². The number of nitrogens with zero attached hydrogens (tertiary/aromatic N) is 1. The number of hydrogen-bond donors (Lipinski definition) is 1. The zero-order chi connectivity index (χ0) is 11.3. The standard InChI is InChI=1S/C11H15FN2O/c1-13-11(15)8-14(2)7-9-5-3-4-6-10(9)12/h3-6H,7-8H2,1-2H3,(H,13,15). The first-order valence-electron chi connectivity index (χ1n) is 4.76. The molecule has 0 saturated heterocycles. The Balaban J connectivity index is 2.55. The third kappa shape index (κ3) is 3.67. The molecule has 0 aliphatic rings. The topological polar surface area (TPSA) is 32.3 Å². The van der Waals surface area contributed by atoms with Crippen molar-refractivity contribution in [3.63, 3.8) is 0 Å². The van der Waals surface area contributed by atoms with Crippen molar-refractivity contribution in [2.24, 2.45) is 0 Å². The Morgan fingerprint density at radius 3 is 2.73 bits per heavy atom. The Kier molecular flexibility index (Phi) is 4.24. The first-order chi connectivity index (χ1) is 7.13. The number of rotatable bonds is 4. The summed E-state index contributed by atoms with van der Waals surface area (Å²) < 4.78 is 13.2. The molecule has 0 atom stereocenters. The molecule has 0 saturated carbocycles. The highest BCUT2D eigenvalue weighted by atomic mass is 19.1. The smallest absolute Gasteiger partial charge is 0.233 e. The zero-order valence-corrected chi connectivity index (χ0v) is 8.96. The van der Waals surface area contributed by atoms with Gasteiger partial charge in [0.15, 0.2) is 0 Å². The van der Waals surface area contributed by atoms with Crippen molar-refractivity contribution in [1.82, 2.24) is 10.2 Å². The molecule has 0 spiro atoms. The molecule has 1 aromatic rings. The molecule has 0 bridgehead atoms. The van der Waals surface area contributed by atoms with Gasteiger partial charge in [0.05, 0.1) is 6.54 Å². The van der Waals surface area contributed by atoms with Gasteiger partial charge in [0.1, 0.15) is 5.82 Å². The van der Waals surface area contributed by atoms with Crippen molar-refractivity contribution in [3.8, 4) is 0 Å². The summed E-state index contributed by atoms with van der Waals surface area (Å²) in [6.45, 7) is 0.699. The van der Waals surface area contributed by atoms with E-state index in [1.165, 1.54) is 6.07 Å². The Bertz CT molecular complexity index is 341. The lowest BCUT2D eigenvalue weighted by Gasteiger charge is -2.15. The third-order valence-corrected chi connectivity index (χ3v) is 2.09. The number of likely N-dealkylation sites (N-methyl/N-ethyl adjacent to an activating group) is 2. The van der Waals surface area contributed by atoms with E-state index >= 15 is 0 Å². The quantitative estimate of drug-likeness (QED) is 0.804. The number of nitrogens with one attached hydrogen (secondary N) is 1. The number of carbonyl (C=O) groups excluding carboxylic acids is 1. The summed E-state index contributed by atoms with van der Waals surface area (Å²) in [5, 5.41) is 2.52. The summed E-state index contributed by atoms with van der Waals surface area (Å²) in [5.41, 5.74) is 0.601. The van der Waals surface area contributed by atoms with Crippen LogP contribution in [0.1, 0.15) is 5.56 Å². The van der Waals surface area contributed by atoms with Gasteiger partial charge < -0.3 is 5.32 Å². The molecule has 4 heteroatoms. The lowest BCUT2D eigenvalue weighted by Crippen LogP contribution is -2.32. The van der Waals surface area contributed by atoms with E-state index in [0.717, 1.165) is 0 Å². The van der Waals surface area contributed by atoms with Crippen LogP contribution in [-0.4, -0.2) is 31.4 Å². The summed E-state index contributed by atoms with van der Waals surface area (Å²) in [5.74, 6) is -0.310. The molecule has 0 unspecified atom stereocenters. The van der Waals surface area contributed by atoms with Gasteiger partial charge in [-0.05, 0) is 13.1 Å². The maximum absolute atomic E-state index is 13.2. The van der Waals surface area contributed by atoms with Gasteiger partial charge in [0, 0.05) is 19.2 Å². The molecule has 0 aliphatic carbocycles. The zero-order valence-electron chi connectivity index (χ0n) is 8.96. The molecular weight excluding hydrogens is 195 g/mol. The van der Waals surface area contributed by atoms with Crippen LogP contribution in [0.3, 0.4) is 0 Å². The fourth-order valence-corrected chi connectivity index (χ4v) is 1.30. The monoisotopic (exact) mass is 210 g/mol. The van der Waals surface area contributed by atoms with Crippen molar-refractivity contribution in [2.75, 3.05) is 20.6 Å². The normalized spacial score (nSPS) is 10.4. The van der Waals surface area contributed by atoms with Gasteiger partial charge in [-0.25, -0.2) is 4.39 Å². The van der Waals surface area contributed by atoms with Gasteiger partial charge in [0.2, 0.25) is 5.91 Å². The van der Waals surface area contributed by atoms with E-state index in [2.05, 4.69) is 5.32 Å². The predicted octanol–water partition coefficient (Wildman–Crippen LogP) is 1.00. The highest BCUT2D eigenvalue weighted by Crippen LogP contribution is 2.08. The summed E-state index contributed by atoms with van der Waals surface area (Å²) in [6, 6.07) is 6.57. The summed E-state index contributed by atoms with van der Waals surface area (Å²) in [6.07, 6.45) is 0. The summed E-state index contributed by atoms with van der Waals surface area (Å²) in [7, 11) is 3.36. The number of amides is 1. The highest BCUT2D eigenvalue weighted by Gasteiger charge is 2.07. The maximum atomic E-state index is 13.2. The lowest BCUT2D eigenvalue weighted by molar-refractivity contribution is -0.121. The van der Waals surface area contributed by atoms with Crippen LogP contribution in [0.4, 0.5) is 4.39 Å². The highest BCUT2D eigenvalue weighted by molar-refractivity contribution is 5.77. The summed E-state index contributed by atoms with van der Waals surface area (Å²) >= 11 is 0. The van der Waals surface area contributed by atoms with Gasteiger partial charge in [-0.3, -0.25) is 9.69 Å². The molecule has 1 amide bonds. The minimum atomic E-state index is -0.235. The molecule has 0 radical (unpaired) electrons. The Labute approximate surface area is 88.9 Å². The van der Waals surface area contributed by atoms with E-state index in [-0.39, 0.29) is 18.3 Å². The van der Waals surface area contributed by atoms with Crippen LogP contribution < -0.4 is 5.32 Å². The van der Waals surface area contributed by atoms with Gasteiger partial charge in [-0.15, -0.1) is 0 Å². The number of benzene rings is 1. The lowest BCUT2D eigenvalue weighted by atomic mass is 10.2. The molecule has 15 heavy (non-hydrogen) atoms. The third-order valence-electron chi connectivity index (χ3n) is 2.09. The van der Waals surface area contributed by atoms with Gasteiger partial charge in [-0.2, -0.15) is 0 Å². The van der Waals surface area contributed by atoms with Crippen molar-refractivity contribution < 1.29 is 9.18 Å². The molecule has 82 valence electrons. The number of hydrogen-bond acceptors (Lipinski definition) is 2. The van der Waals surface area contributed by atoms with Crippen LogP contribution in [0.2, 0.25) is 0 Å². The summed E-state index contributed by atoms with van der Waals surface area (Å²) in [4.78, 5) is 12.8. The van der Waals surface area contributed by atoms with Gasteiger partial charge in [0.25, 0.3) is 0 Å². The minimum absolute atomic E-state index is 0.0751. The molecule has 0 aliphatic heterocycles. The number of carbonyl (C=O) groups is 1. The average molecular weight is 210 g/mol. The van der Waals surface area contributed by atoms with Crippen LogP contribution >= 0.6 is 0 Å². The SMILES string of the molecule is CNC(=O)CN(C)Cc1ccccc1F. The first-order valence-corrected chi connectivity index (χ1v) is 4.76. The molecule has 0 aromatic heterocycles. The maximum Gasteiger partial charge on any atom is 0.233 e. The van der Waals surface area contributed by atoms with Crippen LogP contribution in [0.15, 0.2) is 24.3 Å². The second-order valence-corrected chi connectivity index (χ2v) is 3.44. The predicted molar refractivity (Wildman–Crippen MR) is 56.8 cm³/mol. The number of halogens is 1. The van der Waals surface area contributed by atoms with E-state index in [9.17, 15) is 9.18 Å². The van der Waals surface area contributed by atoms with E-state index in [4.69, 9.17) is 0 Å². The minimum Gasteiger partial charge on any atom is -0.358 e. The van der Waals surface area contributed by atoms with Crippen molar-refractivity contribution in [1.29, 1.82) is 0 Å². The second kappa shape index (κ2) is 5.46. The second-order valence-electron chi connectivity index (χ2n) is 3.44. The molecule has 0 fully saturated rings. The Morgan fingerprint density at radius 1 is 1.47 bits per heavy atom. The largest absolute Gasteiger partial charge is 0.358 e. The van der Waals surface area contributed by atoms with E-state index in [0.29, 0.717) is 12.1 Å². The van der Waals surface area contributed by atoms with Gasteiger partial charge >= 0.3 is 0 Å². The van der Waals surface area contributed by atoms with E-state index in [1.807, 2.05) is 0 Å². The fourth-order valence-electron chi connectivity index (χ4n) is 1.30. The van der Waals surface area contributed by atoms with Crippen LogP contribution in [-0.2, 0) is 11.3 Å². The van der Waals surface area contributed by atoms with Crippen molar-refractivity contribution in [2.45, 2.75) is 6.54 Å². The van der Waals surface area contributed by atoms with Crippen molar-refractivity contribution >= 4 is 5.91 Å². The van der Waals surface area contributed by atoms with Crippen LogP contribution in [0, 0.1) is 5.82 Å². The molecule has 3 nitrogen and oxygen atoms in total. The fraction of sp³-hybridized carbons (Fsp3) is 0.364. The van der Waals surface area contributed by atoms with Gasteiger partial charge in [-0.1, -0.05) is 18.2 Å². The molecule has 1 rings (SSSR count). The van der Waals surface area contributed by atoms with Crippen molar-refractivity contribution in [3.05, 3.63) is 35.6 Å². The molecule has 0 heterocycles.